The number of hydrogen-bond acceptors (Lipinski definition) is 4. The second-order valence-electron chi connectivity index (χ2n) is 5.21. The van der Waals surface area contributed by atoms with Gasteiger partial charge in [-0.3, -0.25) is 4.31 Å². The van der Waals surface area contributed by atoms with Crippen LogP contribution in [0.25, 0.3) is 11.1 Å². The van der Waals surface area contributed by atoms with Crippen molar-refractivity contribution >= 4 is 27.0 Å². The van der Waals surface area contributed by atoms with Crippen molar-refractivity contribution in [2.24, 2.45) is 0 Å². The Morgan fingerprint density at radius 3 is 2.38 bits per heavy atom. The molecule has 6 heteroatoms. The number of methoxy groups -OCH3 is 1. The van der Waals surface area contributed by atoms with Crippen LogP contribution in [-0.4, -0.2) is 22.6 Å². The van der Waals surface area contributed by atoms with E-state index in [4.69, 9.17) is 4.74 Å². The number of benzene rings is 2. The maximum absolute atomic E-state index is 12.8. The maximum atomic E-state index is 12.8. The minimum absolute atomic E-state index is 0.256. The summed E-state index contributed by atoms with van der Waals surface area (Å²) in [7, 11) is -0.531. The molecule has 0 saturated carbocycles. The molecule has 1 aromatic heterocycles. The predicted octanol–water partition coefficient (Wildman–Crippen LogP) is 4.25. The average Bonchev–Trinajstić information content (AvgIpc) is 3.16. The Labute approximate surface area is 146 Å². The van der Waals surface area contributed by atoms with Crippen molar-refractivity contribution in [1.29, 1.82) is 0 Å². The molecule has 0 amide bonds. The van der Waals surface area contributed by atoms with E-state index in [-0.39, 0.29) is 4.90 Å². The zero-order chi connectivity index (χ0) is 17.2. The van der Waals surface area contributed by atoms with E-state index in [0.717, 1.165) is 11.1 Å². The summed E-state index contributed by atoms with van der Waals surface area (Å²) in [6, 6.07) is 15.9. The van der Waals surface area contributed by atoms with Crippen molar-refractivity contribution in [1.82, 2.24) is 0 Å². The van der Waals surface area contributed by atoms with Crippen LogP contribution in [0, 0.1) is 0 Å². The fraction of sp³-hybridized carbons (Fsp3) is 0.111. The quantitative estimate of drug-likeness (QED) is 0.684. The van der Waals surface area contributed by atoms with Gasteiger partial charge >= 0.3 is 0 Å². The van der Waals surface area contributed by atoms with E-state index >= 15 is 0 Å². The molecule has 24 heavy (non-hydrogen) atoms. The van der Waals surface area contributed by atoms with Gasteiger partial charge in [0.15, 0.2) is 0 Å². The molecular formula is C18H17NO3S2. The normalized spacial score (nSPS) is 11.2. The maximum Gasteiger partial charge on any atom is 0.264 e. The Morgan fingerprint density at radius 1 is 1.00 bits per heavy atom. The number of rotatable bonds is 5. The lowest BCUT2D eigenvalue weighted by atomic mass is 10.1. The third-order valence-corrected chi connectivity index (χ3v) is 6.27. The lowest BCUT2D eigenvalue weighted by Gasteiger charge is -2.20. The highest BCUT2D eigenvalue weighted by Crippen LogP contribution is 2.27. The fourth-order valence-electron chi connectivity index (χ4n) is 2.35. The molecule has 0 aliphatic carbocycles. The first-order valence-electron chi connectivity index (χ1n) is 7.28. The number of hydrogen-bond donors (Lipinski definition) is 0. The van der Waals surface area contributed by atoms with Crippen molar-refractivity contribution in [3.05, 3.63) is 65.4 Å². The molecule has 3 aromatic rings. The highest BCUT2D eigenvalue weighted by atomic mass is 32.2. The van der Waals surface area contributed by atoms with Crippen molar-refractivity contribution in [3.8, 4) is 16.9 Å². The summed E-state index contributed by atoms with van der Waals surface area (Å²) >= 11 is 1.61. The summed E-state index contributed by atoms with van der Waals surface area (Å²) in [6.45, 7) is 0. The zero-order valence-corrected chi connectivity index (χ0v) is 15.0. The first-order chi connectivity index (χ1) is 11.5. The summed E-state index contributed by atoms with van der Waals surface area (Å²) in [5.74, 6) is 0.613. The van der Waals surface area contributed by atoms with Crippen LogP contribution in [0.1, 0.15) is 0 Å². The van der Waals surface area contributed by atoms with Gasteiger partial charge in [0.05, 0.1) is 17.7 Å². The minimum atomic E-state index is -3.62. The van der Waals surface area contributed by atoms with Crippen LogP contribution in [0.5, 0.6) is 5.75 Å². The molecule has 0 radical (unpaired) electrons. The predicted molar refractivity (Wildman–Crippen MR) is 98.3 cm³/mol. The summed E-state index contributed by atoms with van der Waals surface area (Å²) in [5.41, 5.74) is 2.64. The second-order valence-corrected chi connectivity index (χ2v) is 7.96. The van der Waals surface area contributed by atoms with Crippen LogP contribution in [-0.2, 0) is 10.0 Å². The largest absolute Gasteiger partial charge is 0.497 e. The summed E-state index contributed by atoms with van der Waals surface area (Å²) in [6.07, 6.45) is 0. The average molecular weight is 359 g/mol. The van der Waals surface area contributed by atoms with Crippen LogP contribution < -0.4 is 9.04 Å². The number of nitrogens with zero attached hydrogens (tertiary/aromatic N) is 1. The topological polar surface area (TPSA) is 46.6 Å². The molecule has 0 spiro atoms. The second kappa shape index (κ2) is 6.67. The third kappa shape index (κ3) is 3.16. The lowest BCUT2D eigenvalue weighted by molar-refractivity contribution is 0.415. The zero-order valence-electron chi connectivity index (χ0n) is 13.3. The number of ether oxygens (including phenoxy) is 1. The van der Waals surface area contributed by atoms with E-state index in [1.54, 1.807) is 54.8 Å². The van der Waals surface area contributed by atoms with Crippen LogP contribution in [0.2, 0.25) is 0 Å². The van der Waals surface area contributed by atoms with Crippen LogP contribution in [0.3, 0.4) is 0 Å². The standard InChI is InChI=1S/C18H17NO3S2/c1-19(16-4-3-5-17(12-16)22-2)24(20,21)18-8-6-14(7-9-18)15-10-11-23-13-15/h3-13H,1-2H3. The molecule has 0 bridgehead atoms. The van der Waals surface area contributed by atoms with Gasteiger partial charge < -0.3 is 4.74 Å². The lowest BCUT2D eigenvalue weighted by Crippen LogP contribution is -2.26. The molecule has 1 heterocycles. The molecule has 4 nitrogen and oxygen atoms in total. The van der Waals surface area contributed by atoms with Crippen LogP contribution in [0.4, 0.5) is 5.69 Å². The van der Waals surface area contributed by atoms with E-state index in [9.17, 15) is 8.42 Å². The van der Waals surface area contributed by atoms with Crippen molar-refractivity contribution in [3.63, 3.8) is 0 Å². The first kappa shape index (κ1) is 16.5. The molecular weight excluding hydrogens is 342 g/mol. The van der Waals surface area contributed by atoms with Gasteiger partial charge in [0.2, 0.25) is 0 Å². The Balaban J connectivity index is 1.92. The third-order valence-electron chi connectivity index (χ3n) is 3.78. The summed E-state index contributed by atoms with van der Waals surface area (Å²) in [4.78, 5) is 0.256. The molecule has 0 N–H and O–H groups in total. The van der Waals surface area contributed by atoms with E-state index in [1.165, 1.54) is 11.4 Å². The summed E-state index contributed by atoms with van der Waals surface area (Å²) < 4.78 is 32.1. The number of sulfonamides is 1. The SMILES string of the molecule is COc1cccc(N(C)S(=O)(=O)c2ccc(-c3ccsc3)cc2)c1. The minimum Gasteiger partial charge on any atom is -0.497 e. The van der Waals surface area contributed by atoms with Gasteiger partial charge in [-0.2, -0.15) is 11.3 Å². The van der Waals surface area contributed by atoms with Gasteiger partial charge in [0, 0.05) is 13.1 Å². The van der Waals surface area contributed by atoms with E-state index in [2.05, 4.69) is 0 Å². The molecule has 0 fully saturated rings. The van der Waals surface area contributed by atoms with Gasteiger partial charge in [-0.1, -0.05) is 18.2 Å². The molecule has 124 valence electrons. The molecule has 0 aliphatic heterocycles. The smallest absolute Gasteiger partial charge is 0.264 e. The van der Waals surface area contributed by atoms with E-state index in [1.807, 2.05) is 29.0 Å². The Kier molecular flexibility index (Phi) is 4.59. The molecule has 0 atom stereocenters. The highest BCUT2D eigenvalue weighted by molar-refractivity contribution is 7.92. The highest BCUT2D eigenvalue weighted by Gasteiger charge is 2.21. The molecule has 2 aromatic carbocycles. The van der Waals surface area contributed by atoms with Crippen molar-refractivity contribution in [2.45, 2.75) is 4.90 Å². The Hall–Kier alpha value is -2.31. The van der Waals surface area contributed by atoms with E-state index in [0.29, 0.717) is 11.4 Å². The molecule has 0 unspecified atom stereocenters. The van der Waals surface area contributed by atoms with Gasteiger partial charge in [0.25, 0.3) is 10.0 Å². The number of anilines is 1. The summed E-state index contributed by atoms with van der Waals surface area (Å²) in [5, 5.41) is 4.03. The van der Waals surface area contributed by atoms with Gasteiger partial charge in [-0.25, -0.2) is 8.42 Å². The Bertz CT molecular complexity index is 917. The van der Waals surface area contributed by atoms with E-state index < -0.39 is 10.0 Å². The van der Waals surface area contributed by atoms with Crippen LogP contribution >= 0.6 is 11.3 Å². The van der Waals surface area contributed by atoms with Gasteiger partial charge in [-0.05, 0) is 52.2 Å². The molecule has 3 rings (SSSR count). The van der Waals surface area contributed by atoms with Crippen LogP contribution in [0.15, 0.2) is 70.3 Å². The van der Waals surface area contributed by atoms with Crippen molar-refractivity contribution in [2.75, 3.05) is 18.5 Å². The molecule has 0 aliphatic rings. The monoisotopic (exact) mass is 359 g/mol. The first-order valence-corrected chi connectivity index (χ1v) is 9.66. The fourth-order valence-corrected chi connectivity index (χ4v) is 4.20. The van der Waals surface area contributed by atoms with Crippen molar-refractivity contribution < 1.29 is 13.2 Å². The number of thiophene rings is 1. The molecule has 0 saturated heterocycles. The van der Waals surface area contributed by atoms with Gasteiger partial charge in [0.1, 0.15) is 5.75 Å². The Morgan fingerprint density at radius 2 is 1.75 bits per heavy atom. The van der Waals surface area contributed by atoms with Gasteiger partial charge in [-0.15, -0.1) is 0 Å².